The average molecular weight is 768 g/mol. The van der Waals surface area contributed by atoms with Crippen LogP contribution >= 0.6 is 0 Å². The van der Waals surface area contributed by atoms with Gasteiger partial charge in [0.1, 0.15) is 20.0 Å². The molecular weight excluding hydrogens is 731 g/mol. The van der Waals surface area contributed by atoms with Gasteiger partial charge in [0.15, 0.2) is 0 Å². The standard InChI is InChI=1S/C56H37NOSi/c1-3-14-37(15-4-1)38-26-30-41(31-27-38)57(49-36-40-16-7-8-19-44(40)46-20-9-10-21-47(46)49)42-32-28-39(29-33-42)45-23-13-24-50-54(45)56-51(58-50)34-35-53-55(56)48-22-11-12-25-52(48)59(53)43-17-5-2-6-18-43/h1-36,59H. The van der Waals surface area contributed by atoms with Crippen molar-refractivity contribution in [3.8, 4) is 33.4 Å². The number of anilines is 3. The highest BCUT2D eigenvalue weighted by molar-refractivity contribution is 6.99. The number of fused-ring (bicyclic) bond motifs is 10. The van der Waals surface area contributed by atoms with Crippen LogP contribution in [0.3, 0.4) is 0 Å². The van der Waals surface area contributed by atoms with E-state index in [4.69, 9.17) is 4.42 Å². The lowest BCUT2D eigenvalue weighted by Crippen LogP contribution is -2.48. The number of rotatable bonds is 6. The lowest BCUT2D eigenvalue weighted by atomic mass is 9.94. The first kappa shape index (κ1) is 33.7. The summed E-state index contributed by atoms with van der Waals surface area (Å²) in [5.41, 5.74) is 12.6. The van der Waals surface area contributed by atoms with E-state index in [2.05, 4.69) is 223 Å². The highest BCUT2D eigenvalue weighted by Gasteiger charge is 2.34. The summed E-state index contributed by atoms with van der Waals surface area (Å²) >= 11 is 0. The topological polar surface area (TPSA) is 16.4 Å². The van der Waals surface area contributed by atoms with E-state index in [0.717, 1.165) is 33.8 Å². The Morgan fingerprint density at radius 1 is 0.373 bits per heavy atom. The maximum atomic E-state index is 6.70. The van der Waals surface area contributed by atoms with Crippen LogP contribution in [0.25, 0.3) is 76.9 Å². The summed E-state index contributed by atoms with van der Waals surface area (Å²) in [5, 5.41) is 11.7. The fraction of sp³-hybridized carbons (Fsp3) is 0. The van der Waals surface area contributed by atoms with E-state index >= 15 is 0 Å². The Bertz CT molecular complexity index is 3370. The summed E-state index contributed by atoms with van der Waals surface area (Å²) in [6, 6.07) is 79.8. The van der Waals surface area contributed by atoms with Crippen LogP contribution in [0.4, 0.5) is 17.1 Å². The quantitative estimate of drug-likeness (QED) is 0.124. The Hall–Kier alpha value is -7.46. The average Bonchev–Trinajstić information content (AvgIpc) is 3.86. The molecule has 276 valence electrons. The van der Waals surface area contributed by atoms with Gasteiger partial charge in [-0.25, -0.2) is 0 Å². The number of furan rings is 1. The summed E-state index contributed by atoms with van der Waals surface area (Å²) in [6.07, 6.45) is 0. The largest absolute Gasteiger partial charge is 0.456 e. The van der Waals surface area contributed by atoms with Crippen LogP contribution < -0.4 is 20.5 Å². The number of nitrogens with zero attached hydrogens (tertiary/aromatic N) is 1. The molecule has 0 saturated carbocycles. The smallest absolute Gasteiger partial charge is 0.136 e. The van der Waals surface area contributed by atoms with Gasteiger partial charge in [-0.3, -0.25) is 0 Å². The molecule has 2 heterocycles. The molecule has 0 aliphatic carbocycles. The molecule has 1 aliphatic heterocycles. The van der Waals surface area contributed by atoms with Gasteiger partial charge in [-0.15, -0.1) is 0 Å². The van der Waals surface area contributed by atoms with Gasteiger partial charge in [-0.1, -0.05) is 181 Å². The molecular formula is C56H37NOSi. The fourth-order valence-corrected chi connectivity index (χ4v) is 13.1. The molecule has 0 radical (unpaired) electrons. The molecule has 0 N–H and O–H groups in total. The van der Waals surface area contributed by atoms with Gasteiger partial charge < -0.3 is 9.32 Å². The third-order valence-corrected chi connectivity index (χ3v) is 15.6. The first-order valence-corrected chi connectivity index (χ1v) is 22.1. The Morgan fingerprint density at radius 3 is 1.75 bits per heavy atom. The summed E-state index contributed by atoms with van der Waals surface area (Å²) in [4.78, 5) is 2.42. The molecule has 0 amide bonds. The van der Waals surface area contributed by atoms with Crippen molar-refractivity contribution in [3.05, 3.63) is 218 Å². The number of hydrogen-bond acceptors (Lipinski definition) is 2. The van der Waals surface area contributed by atoms with Crippen LogP contribution in [0.1, 0.15) is 0 Å². The predicted octanol–water partition coefficient (Wildman–Crippen LogP) is 12.9. The third-order valence-electron chi connectivity index (χ3n) is 12.3. The SMILES string of the molecule is c1ccc(-c2ccc(N(c3ccc(-c4cccc5oc6ccc7c(c6c45)-c4ccccc4[SiH]7c4ccccc4)cc3)c3cc4ccccc4c4ccccc34)cc2)cc1. The summed E-state index contributed by atoms with van der Waals surface area (Å²) in [5.74, 6) is 0. The van der Waals surface area contributed by atoms with Crippen molar-refractivity contribution in [1.29, 1.82) is 0 Å². The molecule has 0 bridgehead atoms. The summed E-state index contributed by atoms with van der Waals surface area (Å²) < 4.78 is 6.70. The van der Waals surface area contributed by atoms with Gasteiger partial charge in [-0.05, 0) is 102 Å². The van der Waals surface area contributed by atoms with Crippen LogP contribution in [0.15, 0.2) is 223 Å². The molecule has 10 aromatic carbocycles. The molecule has 1 unspecified atom stereocenters. The highest BCUT2D eigenvalue weighted by Crippen LogP contribution is 2.45. The molecule has 59 heavy (non-hydrogen) atoms. The van der Waals surface area contributed by atoms with Crippen molar-refractivity contribution in [2.24, 2.45) is 0 Å². The lowest BCUT2D eigenvalue weighted by molar-refractivity contribution is 0.669. The van der Waals surface area contributed by atoms with Gasteiger partial charge in [0.2, 0.25) is 0 Å². The van der Waals surface area contributed by atoms with E-state index in [0.29, 0.717) is 0 Å². The molecule has 1 aliphatic rings. The van der Waals surface area contributed by atoms with Gasteiger partial charge in [0, 0.05) is 27.5 Å². The van der Waals surface area contributed by atoms with Crippen LogP contribution in [0.5, 0.6) is 0 Å². The van der Waals surface area contributed by atoms with Crippen LogP contribution in [0, 0.1) is 0 Å². The van der Waals surface area contributed by atoms with Crippen molar-refractivity contribution in [2.45, 2.75) is 0 Å². The minimum absolute atomic E-state index is 0.917. The molecule has 1 aromatic heterocycles. The van der Waals surface area contributed by atoms with Gasteiger partial charge >= 0.3 is 0 Å². The zero-order valence-electron chi connectivity index (χ0n) is 32.2. The van der Waals surface area contributed by atoms with E-state index in [9.17, 15) is 0 Å². The maximum Gasteiger partial charge on any atom is 0.136 e. The minimum Gasteiger partial charge on any atom is -0.456 e. The van der Waals surface area contributed by atoms with E-state index in [1.54, 1.807) is 0 Å². The normalized spacial score (nSPS) is 13.3. The monoisotopic (exact) mass is 767 g/mol. The lowest BCUT2D eigenvalue weighted by Gasteiger charge is -2.28. The summed E-state index contributed by atoms with van der Waals surface area (Å²) in [7, 11) is -1.67. The molecule has 1 atom stereocenters. The maximum absolute atomic E-state index is 6.70. The van der Waals surface area contributed by atoms with E-state index in [-0.39, 0.29) is 0 Å². The first-order valence-electron chi connectivity index (χ1n) is 20.4. The van der Waals surface area contributed by atoms with Gasteiger partial charge in [0.05, 0.1) is 5.69 Å². The molecule has 3 heteroatoms. The van der Waals surface area contributed by atoms with Crippen molar-refractivity contribution in [2.75, 3.05) is 4.90 Å². The zero-order valence-corrected chi connectivity index (χ0v) is 33.4. The summed E-state index contributed by atoms with van der Waals surface area (Å²) in [6.45, 7) is 0. The second-order valence-corrected chi connectivity index (χ2v) is 18.3. The molecule has 0 saturated heterocycles. The second kappa shape index (κ2) is 13.6. The van der Waals surface area contributed by atoms with Gasteiger partial charge in [-0.2, -0.15) is 0 Å². The Kier molecular flexibility index (Phi) is 7.75. The first-order chi connectivity index (χ1) is 29.3. The van der Waals surface area contributed by atoms with Crippen molar-refractivity contribution in [1.82, 2.24) is 0 Å². The number of benzene rings is 10. The molecule has 2 nitrogen and oxygen atoms in total. The zero-order chi connectivity index (χ0) is 38.9. The van der Waals surface area contributed by atoms with Gasteiger partial charge in [0.25, 0.3) is 0 Å². The highest BCUT2D eigenvalue weighted by atomic mass is 28.3. The predicted molar refractivity (Wildman–Crippen MR) is 252 cm³/mol. The Labute approximate surface area is 344 Å². The third kappa shape index (κ3) is 5.40. The van der Waals surface area contributed by atoms with E-state index < -0.39 is 8.80 Å². The molecule has 12 rings (SSSR count). The van der Waals surface area contributed by atoms with Crippen molar-refractivity contribution < 1.29 is 4.42 Å². The second-order valence-electron chi connectivity index (χ2n) is 15.6. The minimum atomic E-state index is -1.67. The molecule has 0 spiro atoms. The molecule has 11 aromatic rings. The van der Waals surface area contributed by atoms with E-state index in [1.165, 1.54) is 75.7 Å². The van der Waals surface area contributed by atoms with Crippen LogP contribution in [-0.2, 0) is 0 Å². The Balaban J connectivity index is 1.03. The van der Waals surface area contributed by atoms with Crippen LogP contribution in [0.2, 0.25) is 0 Å². The van der Waals surface area contributed by atoms with E-state index in [1.807, 2.05) is 0 Å². The number of hydrogen-bond donors (Lipinski definition) is 0. The van der Waals surface area contributed by atoms with Crippen molar-refractivity contribution >= 4 is 84.9 Å². The van der Waals surface area contributed by atoms with Crippen molar-refractivity contribution in [3.63, 3.8) is 0 Å². The van der Waals surface area contributed by atoms with Crippen LogP contribution in [-0.4, -0.2) is 8.80 Å². The molecule has 0 fully saturated rings. The fourth-order valence-electron chi connectivity index (χ4n) is 9.72. The Morgan fingerprint density at radius 2 is 0.966 bits per heavy atom.